The van der Waals surface area contributed by atoms with Crippen LogP contribution in [0.1, 0.15) is 142 Å². The van der Waals surface area contributed by atoms with E-state index in [9.17, 15) is 4.79 Å². The minimum Gasteiger partial charge on any atom is -0.463 e. The molecule has 3 nitrogen and oxygen atoms in total. The smallest absolute Gasteiger partial charge is 0.305 e. The van der Waals surface area contributed by atoms with Crippen LogP contribution in [0, 0.1) is 5.92 Å². The summed E-state index contributed by atoms with van der Waals surface area (Å²) >= 11 is 0. The molecule has 0 aromatic heterocycles. The zero-order chi connectivity index (χ0) is 21.4. The molecule has 0 amide bonds. The Morgan fingerprint density at radius 3 is 1.48 bits per heavy atom. The van der Waals surface area contributed by atoms with Crippen molar-refractivity contribution in [1.82, 2.24) is 0 Å². The lowest BCUT2D eigenvalue weighted by molar-refractivity contribution is -0.145. The molecule has 174 valence electrons. The van der Waals surface area contributed by atoms with E-state index >= 15 is 0 Å². The fourth-order valence-corrected chi connectivity index (χ4v) is 4.12. The van der Waals surface area contributed by atoms with E-state index in [1.807, 2.05) is 0 Å². The number of aliphatic hydroxyl groups is 1. The first-order chi connectivity index (χ1) is 14.2. The Bertz CT molecular complexity index is 310. The molecule has 0 aromatic rings. The highest BCUT2D eigenvalue weighted by Crippen LogP contribution is 2.24. The van der Waals surface area contributed by atoms with E-state index in [2.05, 4.69) is 13.8 Å². The van der Waals surface area contributed by atoms with Crippen LogP contribution in [0.4, 0.5) is 0 Å². The number of unbranched alkanes of at least 4 members (excludes halogenated alkanes) is 14. The molecule has 0 unspecified atom stereocenters. The maximum atomic E-state index is 11.8. The van der Waals surface area contributed by atoms with Crippen molar-refractivity contribution < 1.29 is 14.6 Å². The minimum atomic E-state index is -0.143. The number of hydrogen-bond donors (Lipinski definition) is 1. The van der Waals surface area contributed by atoms with Gasteiger partial charge in [0.15, 0.2) is 0 Å². The maximum Gasteiger partial charge on any atom is 0.305 e. The Hall–Kier alpha value is -0.570. The summed E-state index contributed by atoms with van der Waals surface area (Å²) < 4.78 is 5.03. The molecule has 0 bridgehead atoms. The first-order valence-corrected chi connectivity index (χ1v) is 13.0. The van der Waals surface area contributed by atoms with Crippen LogP contribution in [0.25, 0.3) is 0 Å². The number of carbonyl (C=O) groups excluding carboxylic acids is 1. The van der Waals surface area contributed by atoms with Crippen LogP contribution >= 0.6 is 0 Å². The van der Waals surface area contributed by atoms with Crippen LogP contribution < -0.4 is 0 Å². The maximum absolute atomic E-state index is 11.8. The number of rotatable bonds is 23. The molecule has 0 saturated heterocycles. The number of aliphatic hydroxyl groups excluding tert-OH is 1. The topological polar surface area (TPSA) is 46.5 Å². The van der Waals surface area contributed by atoms with Crippen molar-refractivity contribution in [3.8, 4) is 0 Å². The molecular weight excluding hydrogens is 360 g/mol. The van der Waals surface area contributed by atoms with Crippen molar-refractivity contribution >= 4 is 5.97 Å². The average molecular weight is 413 g/mol. The van der Waals surface area contributed by atoms with Gasteiger partial charge in [-0.1, -0.05) is 129 Å². The van der Waals surface area contributed by atoms with Crippen LogP contribution in [-0.2, 0) is 9.53 Å². The Morgan fingerprint density at radius 1 is 0.655 bits per heavy atom. The van der Waals surface area contributed by atoms with Gasteiger partial charge in [-0.3, -0.25) is 4.79 Å². The molecular formula is C26H52O3. The van der Waals surface area contributed by atoms with Gasteiger partial charge in [-0.15, -0.1) is 0 Å². The summed E-state index contributed by atoms with van der Waals surface area (Å²) in [7, 11) is 0. The second-order valence-corrected chi connectivity index (χ2v) is 8.88. The number of carbonyl (C=O) groups is 1. The van der Waals surface area contributed by atoms with Crippen LogP contribution in [-0.4, -0.2) is 24.3 Å². The van der Waals surface area contributed by atoms with E-state index in [4.69, 9.17) is 9.84 Å². The lowest BCUT2D eigenvalue weighted by atomic mass is 9.90. The van der Waals surface area contributed by atoms with Gasteiger partial charge >= 0.3 is 5.97 Å². The normalized spacial score (nSPS) is 11.3. The number of hydrogen-bond acceptors (Lipinski definition) is 3. The van der Waals surface area contributed by atoms with Gasteiger partial charge in [-0.05, 0) is 12.3 Å². The summed E-state index contributed by atoms with van der Waals surface area (Å²) in [5, 5.41) is 8.78. The average Bonchev–Trinajstić information content (AvgIpc) is 2.73. The van der Waals surface area contributed by atoms with Crippen LogP contribution in [0.3, 0.4) is 0 Å². The van der Waals surface area contributed by atoms with Crippen molar-refractivity contribution in [1.29, 1.82) is 0 Å². The van der Waals surface area contributed by atoms with Crippen molar-refractivity contribution in [3.05, 3.63) is 0 Å². The van der Waals surface area contributed by atoms with Crippen LogP contribution in [0.15, 0.2) is 0 Å². The van der Waals surface area contributed by atoms with E-state index in [1.54, 1.807) is 0 Å². The Morgan fingerprint density at radius 2 is 1.07 bits per heavy atom. The molecule has 0 fully saturated rings. The summed E-state index contributed by atoms with van der Waals surface area (Å²) in [4.78, 5) is 11.8. The molecule has 0 aliphatic heterocycles. The van der Waals surface area contributed by atoms with Crippen molar-refractivity contribution in [2.45, 2.75) is 142 Å². The summed E-state index contributed by atoms with van der Waals surface area (Å²) in [5.74, 6) is 0.521. The zero-order valence-corrected chi connectivity index (χ0v) is 19.9. The van der Waals surface area contributed by atoms with E-state index < -0.39 is 0 Å². The first-order valence-electron chi connectivity index (χ1n) is 13.0. The molecule has 0 radical (unpaired) electrons. The largest absolute Gasteiger partial charge is 0.463 e. The third-order valence-corrected chi connectivity index (χ3v) is 6.04. The molecule has 0 heterocycles. The highest BCUT2D eigenvalue weighted by Gasteiger charge is 2.12. The summed E-state index contributed by atoms with van der Waals surface area (Å²) in [6.07, 6.45) is 25.8. The molecule has 0 rings (SSSR count). The van der Waals surface area contributed by atoms with E-state index in [0.717, 1.165) is 6.42 Å². The first kappa shape index (κ1) is 28.4. The fraction of sp³-hybridized carbons (Fsp3) is 0.962. The Balaban J connectivity index is 3.92. The van der Waals surface area contributed by atoms with Gasteiger partial charge in [0.25, 0.3) is 0 Å². The molecule has 0 saturated carbocycles. The highest BCUT2D eigenvalue weighted by molar-refractivity contribution is 5.69. The zero-order valence-electron chi connectivity index (χ0n) is 19.9. The van der Waals surface area contributed by atoms with Crippen molar-refractivity contribution in [2.24, 2.45) is 5.92 Å². The second-order valence-electron chi connectivity index (χ2n) is 8.88. The minimum absolute atomic E-state index is 0.0777. The lowest BCUT2D eigenvalue weighted by Crippen LogP contribution is -2.11. The lowest BCUT2D eigenvalue weighted by Gasteiger charge is -2.16. The molecule has 0 aliphatic carbocycles. The monoisotopic (exact) mass is 412 g/mol. The highest BCUT2D eigenvalue weighted by atomic mass is 16.5. The van der Waals surface area contributed by atoms with Gasteiger partial charge < -0.3 is 9.84 Å². The molecule has 29 heavy (non-hydrogen) atoms. The molecule has 0 aliphatic rings. The fourth-order valence-electron chi connectivity index (χ4n) is 4.12. The van der Waals surface area contributed by atoms with Gasteiger partial charge in [0.05, 0.1) is 6.61 Å². The van der Waals surface area contributed by atoms with E-state index in [-0.39, 0.29) is 19.2 Å². The molecule has 0 aromatic carbocycles. The van der Waals surface area contributed by atoms with Crippen molar-refractivity contribution in [3.63, 3.8) is 0 Å². The number of ether oxygens (including phenoxy) is 1. The SMILES string of the molecule is CCCCCCCCCCC(CCCCCCCCCC)CCC(=O)OCCO. The Kier molecular flexibility index (Phi) is 23.2. The van der Waals surface area contributed by atoms with E-state index in [1.165, 1.54) is 116 Å². The van der Waals surface area contributed by atoms with Gasteiger partial charge in [0, 0.05) is 6.42 Å². The molecule has 3 heteroatoms. The van der Waals surface area contributed by atoms with Gasteiger partial charge in [0.1, 0.15) is 6.61 Å². The van der Waals surface area contributed by atoms with Crippen molar-refractivity contribution in [2.75, 3.05) is 13.2 Å². The third-order valence-electron chi connectivity index (χ3n) is 6.04. The van der Waals surface area contributed by atoms with E-state index in [0.29, 0.717) is 12.3 Å². The van der Waals surface area contributed by atoms with Gasteiger partial charge in [-0.2, -0.15) is 0 Å². The summed E-state index contributed by atoms with van der Waals surface area (Å²) in [6.45, 7) is 4.60. The second kappa shape index (κ2) is 23.7. The van der Waals surface area contributed by atoms with Gasteiger partial charge in [0.2, 0.25) is 0 Å². The summed E-state index contributed by atoms with van der Waals surface area (Å²) in [5.41, 5.74) is 0. The third kappa shape index (κ3) is 21.9. The standard InChI is InChI=1S/C26H52O3/c1-3-5-7-9-11-13-15-17-19-25(21-22-26(28)29-24-23-27)20-18-16-14-12-10-8-6-4-2/h25,27H,3-24H2,1-2H3. The van der Waals surface area contributed by atoms with Gasteiger partial charge in [-0.25, -0.2) is 0 Å². The predicted octanol–water partition coefficient (Wildman–Crippen LogP) is 7.98. The molecule has 0 atom stereocenters. The summed E-state index contributed by atoms with van der Waals surface area (Å²) in [6, 6.07) is 0. The number of esters is 1. The molecule has 1 N–H and O–H groups in total. The van der Waals surface area contributed by atoms with Crippen LogP contribution in [0.2, 0.25) is 0 Å². The van der Waals surface area contributed by atoms with Crippen LogP contribution in [0.5, 0.6) is 0 Å². The Labute approximate surface area is 182 Å². The molecule has 0 spiro atoms. The quantitative estimate of drug-likeness (QED) is 0.137. The predicted molar refractivity (Wildman–Crippen MR) is 125 cm³/mol.